The molecule has 8 heteroatoms. The Labute approximate surface area is 101 Å². The molecule has 0 aliphatic carbocycles. The Kier molecular flexibility index (Phi) is 2.95. The fourth-order valence-electron chi connectivity index (χ4n) is 1.70. The predicted molar refractivity (Wildman–Crippen MR) is 60.8 cm³/mol. The van der Waals surface area contributed by atoms with E-state index in [4.69, 9.17) is 17.3 Å². The van der Waals surface area contributed by atoms with Gasteiger partial charge in [-0.15, -0.1) is 0 Å². The van der Waals surface area contributed by atoms with Crippen LogP contribution in [0.1, 0.15) is 6.42 Å². The molecule has 0 spiro atoms. The molecule has 1 aromatic rings. The molecule has 1 aromatic heterocycles. The molecule has 0 bridgehead atoms. The zero-order valence-electron chi connectivity index (χ0n) is 8.67. The summed E-state index contributed by atoms with van der Waals surface area (Å²) in [5.41, 5.74) is 5.33. The van der Waals surface area contributed by atoms with E-state index < -0.39 is 4.92 Å². The third-order valence-electron chi connectivity index (χ3n) is 2.42. The maximum absolute atomic E-state index is 11.6. The summed E-state index contributed by atoms with van der Waals surface area (Å²) in [5.74, 6) is -0.271. The second-order valence-electron chi connectivity index (χ2n) is 3.72. The number of nitrogens with two attached hydrogens (primary N) is 1. The zero-order chi connectivity index (χ0) is 12.6. The number of rotatable bonds is 2. The molecule has 1 amide bonds. The van der Waals surface area contributed by atoms with Crippen molar-refractivity contribution >= 4 is 29.0 Å². The summed E-state index contributed by atoms with van der Waals surface area (Å²) in [6, 6.07) is 0.848. The van der Waals surface area contributed by atoms with Crippen LogP contribution >= 0.6 is 11.6 Å². The van der Waals surface area contributed by atoms with Crippen molar-refractivity contribution < 1.29 is 9.72 Å². The number of pyridine rings is 1. The number of anilines is 1. The molecule has 1 unspecified atom stereocenters. The molecule has 2 rings (SSSR count). The maximum atomic E-state index is 11.6. The Morgan fingerprint density at radius 2 is 2.35 bits per heavy atom. The monoisotopic (exact) mass is 256 g/mol. The van der Waals surface area contributed by atoms with Gasteiger partial charge in [-0.2, -0.15) is 0 Å². The van der Waals surface area contributed by atoms with Gasteiger partial charge in [-0.25, -0.2) is 4.98 Å². The third-order valence-corrected chi connectivity index (χ3v) is 2.63. The van der Waals surface area contributed by atoms with Crippen molar-refractivity contribution in [1.82, 2.24) is 4.98 Å². The van der Waals surface area contributed by atoms with Crippen molar-refractivity contribution in [3.8, 4) is 0 Å². The molecule has 2 N–H and O–H groups in total. The molecule has 1 fully saturated rings. The predicted octanol–water partition coefficient (Wildman–Crippen LogP) is 0.707. The van der Waals surface area contributed by atoms with Gasteiger partial charge in [0.05, 0.1) is 9.95 Å². The number of hydrogen-bond acceptors (Lipinski definition) is 5. The summed E-state index contributed by atoms with van der Waals surface area (Å²) in [6.45, 7) is 0.230. The first-order valence-electron chi connectivity index (χ1n) is 4.85. The molecule has 0 radical (unpaired) electrons. The minimum Gasteiger partial charge on any atom is -0.326 e. The van der Waals surface area contributed by atoms with Gasteiger partial charge in [0.1, 0.15) is 0 Å². The Hall–Kier alpha value is -1.73. The lowest BCUT2D eigenvalue weighted by Crippen LogP contribution is -2.29. The van der Waals surface area contributed by atoms with Crippen molar-refractivity contribution in [2.24, 2.45) is 5.73 Å². The van der Waals surface area contributed by atoms with E-state index >= 15 is 0 Å². The highest BCUT2D eigenvalue weighted by Crippen LogP contribution is 2.30. The number of aromatic nitrogens is 1. The molecule has 2 heterocycles. The van der Waals surface area contributed by atoms with Crippen LogP contribution in [-0.4, -0.2) is 28.4 Å². The van der Waals surface area contributed by atoms with Crippen molar-refractivity contribution in [2.45, 2.75) is 12.5 Å². The van der Waals surface area contributed by atoms with Crippen LogP contribution in [0.15, 0.2) is 12.3 Å². The Morgan fingerprint density at radius 1 is 1.65 bits per heavy atom. The first-order valence-corrected chi connectivity index (χ1v) is 5.22. The Balaban J connectivity index is 2.45. The van der Waals surface area contributed by atoms with Crippen LogP contribution in [0.4, 0.5) is 11.5 Å². The second kappa shape index (κ2) is 4.27. The van der Waals surface area contributed by atoms with Gasteiger partial charge in [0, 0.05) is 31.3 Å². The lowest BCUT2D eigenvalue weighted by atomic mass is 10.3. The van der Waals surface area contributed by atoms with Crippen molar-refractivity contribution in [3.05, 3.63) is 27.4 Å². The number of amides is 1. The van der Waals surface area contributed by atoms with Crippen LogP contribution in [0.3, 0.4) is 0 Å². The molecule has 90 valence electrons. The number of nitro groups is 1. The van der Waals surface area contributed by atoms with E-state index in [0.717, 1.165) is 0 Å². The van der Waals surface area contributed by atoms with Gasteiger partial charge in [0.15, 0.2) is 0 Å². The van der Waals surface area contributed by atoms with Crippen molar-refractivity contribution in [1.29, 1.82) is 0 Å². The van der Waals surface area contributed by atoms with Crippen LogP contribution in [0.25, 0.3) is 0 Å². The first-order chi connectivity index (χ1) is 7.99. The maximum Gasteiger partial charge on any atom is 0.313 e. The van der Waals surface area contributed by atoms with Crippen molar-refractivity contribution in [3.63, 3.8) is 0 Å². The van der Waals surface area contributed by atoms with Gasteiger partial charge in [-0.3, -0.25) is 19.8 Å². The summed E-state index contributed by atoms with van der Waals surface area (Å²) < 4.78 is 0. The summed E-state index contributed by atoms with van der Waals surface area (Å²) in [5, 5.41) is 11.0. The number of nitrogens with zero attached hydrogens (tertiary/aromatic N) is 3. The van der Waals surface area contributed by atoms with Gasteiger partial charge in [0.2, 0.25) is 11.7 Å². The minimum atomic E-state index is -0.620. The van der Waals surface area contributed by atoms with Crippen LogP contribution in [0.5, 0.6) is 0 Å². The number of hydrogen-bond donors (Lipinski definition) is 1. The van der Waals surface area contributed by atoms with Crippen molar-refractivity contribution in [2.75, 3.05) is 11.4 Å². The Bertz CT molecular complexity index is 493. The highest BCUT2D eigenvalue weighted by Gasteiger charge is 2.33. The molecular formula is C9H9ClN4O3. The average molecular weight is 257 g/mol. The molecule has 1 aliphatic rings. The standard InChI is InChI=1S/C9H9ClN4O3/c10-5-1-7(14(16)17)9(12-3-5)13-4-6(11)2-8(13)15/h1,3,6H,2,4,11H2. The van der Waals surface area contributed by atoms with E-state index in [2.05, 4.69) is 4.98 Å². The van der Waals surface area contributed by atoms with Gasteiger partial charge in [-0.1, -0.05) is 11.6 Å². The van der Waals surface area contributed by atoms with Crippen LogP contribution < -0.4 is 10.6 Å². The molecule has 1 aliphatic heterocycles. The Morgan fingerprint density at radius 3 is 2.88 bits per heavy atom. The normalized spacial score (nSPS) is 19.8. The quantitative estimate of drug-likeness (QED) is 0.620. The van der Waals surface area contributed by atoms with Gasteiger partial charge in [-0.05, 0) is 0 Å². The molecular weight excluding hydrogens is 248 g/mol. The fourth-order valence-corrected chi connectivity index (χ4v) is 1.86. The molecule has 1 saturated heterocycles. The van der Waals surface area contributed by atoms with Gasteiger partial charge < -0.3 is 5.73 Å². The number of carbonyl (C=O) groups excluding carboxylic acids is 1. The smallest absolute Gasteiger partial charge is 0.313 e. The highest BCUT2D eigenvalue weighted by atomic mass is 35.5. The van der Waals surface area contributed by atoms with Crippen LogP contribution in [-0.2, 0) is 4.79 Å². The topological polar surface area (TPSA) is 102 Å². The largest absolute Gasteiger partial charge is 0.326 e. The van der Waals surface area contributed by atoms with Gasteiger partial charge in [0.25, 0.3) is 0 Å². The van der Waals surface area contributed by atoms with Crippen LogP contribution in [0.2, 0.25) is 5.02 Å². The molecule has 0 aromatic carbocycles. The fraction of sp³-hybridized carbons (Fsp3) is 0.333. The van der Waals surface area contributed by atoms with Crippen LogP contribution in [0, 0.1) is 10.1 Å². The summed E-state index contributed by atoms with van der Waals surface area (Å²) in [4.78, 5) is 26.9. The SMILES string of the molecule is NC1CC(=O)N(c2ncc(Cl)cc2[N+](=O)[O-])C1. The molecule has 7 nitrogen and oxygen atoms in total. The number of carbonyl (C=O) groups is 1. The van der Waals surface area contributed by atoms with E-state index in [9.17, 15) is 14.9 Å². The van der Waals surface area contributed by atoms with E-state index in [1.54, 1.807) is 0 Å². The summed E-state index contributed by atoms with van der Waals surface area (Å²) >= 11 is 5.64. The lowest BCUT2D eigenvalue weighted by Gasteiger charge is -2.14. The van der Waals surface area contributed by atoms with E-state index in [-0.39, 0.29) is 41.4 Å². The molecule has 0 saturated carbocycles. The first kappa shape index (κ1) is 11.7. The van der Waals surface area contributed by atoms with E-state index in [1.165, 1.54) is 17.2 Å². The third kappa shape index (κ3) is 2.20. The lowest BCUT2D eigenvalue weighted by molar-refractivity contribution is -0.384. The molecule has 17 heavy (non-hydrogen) atoms. The summed E-state index contributed by atoms with van der Waals surface area (Å²) in [6.07, 6.45) is 1.43. The summed E-state index contributed by atoms with van der Waals surface area (Å²) in [7, 11) is 0. The van der Waals surface area contributed by atoms with Gasteiger partial charge >= 0.3 is 5.69 Å². The average Bonchev–Trinajstić information content (AvgIpc) is 2.57. The number of halogens is 1. The van der Waals surface area contributed by atoms with E-state index in [0.29, 0.717) is 0 Å². The van der Waals surface area contributed by atoms with E-state index in [1.807, 2.05) is 0 Å². The second-order valence-corrected chi connectivity index (χ2v) is 4.16. The highest BCUT2D eigenvalue weighted by molar-refractivity contribution is 6.30. The molecule has 1 atom stereocenters. The minimum absolute atomic E-state index is 0.00245. The zero-order valence-corrected chi connectivity index (χ0v) is 9.42.